The molecule has 0 N–H and O–H groups in total. The van der Waals surface area contributed by atoms with Crippen LogP contribution in [0.25, 0.3) is 0 Å². The summed E-state index contributed by atoms with van der Waals surface area (Å²) in [5.74, 6) is 0.502. The fourth-order valence-corrected chi connectivity index (χ4v) is 12.6. The van der Waals surface area contributed by atoms with Gasteiger partial charge in [-0.15, -0.1) is 0 Å². The Labute approximate surface area is 236 Å². The quantitative estimate of drug-likeness (QED) is 0.235. The third-order valence-electron chi connectivity index (χ3n) is 8.26. The molecule has 1 saturated heterocycles. The fourth-order valence-electron chi connectivity index (χ4n) is 6.57. The van der Waals surface area contributed by atoms with Crippen LogP contribution in [-0.2, 0) is 9.47 Å². The van der Waals surface area contributed by atoms with Gasteiger partial charge in [0.2, 0.25) is 0 Å². The molecule has 0 unspecified atom stereocenters. The normalized spacial score (nSPS) is 24.4. The van der Waals surface area contributed by atoms with Gasteiger partial charge in [-0.25, -0.2) is 0 Å². The second kappa shape index (κ2) is 12.0. The van der Waals surface area contributed by atoms with Crippen LogP contribution in [0.5, 0.6) is 0 Å². The van der Waals surface area contributed by atoms with E-state index in [1.807, 2.05) is 0 Å². The van der Waals surface area contributed by atoms with Gasteiger partial charge in [0.1, 0.15) is 0 Å². The van der Waals surface area contributed by atoms with Crippen molar-refractivity contribution in [3.8, 4) is 0 Å². The molecule has 2 fully saturated rings. The fraction of sp³-hybridized carbons (Fsp3) is 0.314. The van der Waals surface area contributed by atoms with E-state index in [0.29, 0.717) is 17.5 Å². The Bertz CT molecular complexity index is 1240. The van der Waals surface area contributed by atoms with Crippen molar-refractivity contribution in [2.24, 2.45) is 11.8 Å². The van der Waals surface area contributed by atoms with Gasteiger partial charge in [0.15, 0.2) is 5.79 Å². The zero-order valence-corrected chi connectivity index (χ0v) is 24.7. The van der Waals surface area contributed by atoms with Crippen LogP contribution in [0.3, 0.4) is 0 Å². The van der Waals surface area contributed by atoms with E-state index in [0.717, 1.165) is 19.4 Å². The minimum absolute atomic E-state index is 0.221. The Morgan fingerprint density at radius 2 is 1.13 bits per heavy atom. The van der Waals surface area contributed by atoms with E-state index in [4.69, 9.17) is 9.47 Å². The second-order valence-electron chi connectivity index (χ2n) is 11.1. The summed E-state index contributed by atoms with van der Waals surface area (Å²) in [6, 6.07) is 45.0. The summed E-state index contributed by atoms with van der Waals surface area (Å²) in [6.07, 6.45) is 3.55. The van der Waals surface area contributed by atoms with E-state index in [-0.39, 0.29) is 6.10 Å². The van der Waals surface area contributed by atoms with E-state index in [2.05, 4.69) is 135 Å². The van der Waals surface area contributed by atoms with Gasteiger partial charge < -0.3 is 9.47 Å². The highest BCUT2D eigenvalue weighted by atomic mass is 31.1. The first-order valence-corrected chi connectivity index (χ1v) is 17.1. The van der Waals surface area contributed by atoms with Crippen LogP contribution in [0.2, 0.25) is 0 Å². The van der Waals surface area contributed by atoms with Crippen LogP contribution in [0.1, 0.15) is 26.7 Å². The molecule has 4 atom stereocenters. The minimum atomic E-state index is -0.547. The van der Waals surface area contributed by atoms with E-state index >= 15 is 0 Å². The SMILES string of the molecule is CC1(C)OCC[C@H]2[C@@H](CP(c3ccccc3)c3ccccc3)[C@@H](P(c3ccccc3)c3ccccc3)C[C@@H]2O1. The van der Waals surface area contributed by atoms with Crippen molar-refractivity contribution in [3.63, 3.8) is 0 Å². The lowest BCUT2D eigenvalue weighted by Crippen LogP contribution is -2.32. The van der Waals surface area contributed by atoms with Crippen LogP contribution >= 0.6 is 15.8 Å². The number of benzene rings is 4. The summed E-state index contributed by atoms with van der Waals surface area (Å²) in [4.78, 5) is 0. The molecule has 0 bridgehead atoms. The molecule has 2 nitrogen and oxygen atoms in total. The van der Waals surface area contributed by atoms with Crippen LogP contribution in [0.4, 0.5) is 0 Å². The third-order valence-corrected chi connectivity index (χ3v) is 13.9. The monoisotopic (exact) mass is 552 g/mol. The van der Waals surface area contributed by atoms with Crippen LogP contribution in [0, 0.1) is 11.8 Å². The van der Waals surface area contributed by atoms with E-state index < -0.39 is 21.6 Å². The van der Waals surface area contributed by atoms with E-state index in [1.54, 1.807) is 0 Å². The average Bonchev–Trinajstić information content (AvgIpc) is 3.19. The standard InChI is InChI=1S/C35H38O2P2/c1-35(2)36-24-23-31-32(26-38(27-15-7-3-8-16-27)28-17-9-4-10-18-28)34(25-33(31)37-35)39(29-19-11-5-12-20-29)30-21-13-6-14-22-30/h3-22,31-34H,23-26H2,1-2H3/t31-,32+,33-,34-/m0/s1. The molecular formula is C35H38O2P2. The van der Waals surface area contributed by atoms with Crippen LogP contribution in [-0.4, -0.2) is 30.3 Å². The number of rotatable bonds is 7. The molecule has 1 aliphatic heterocycles. The van der Waals surface area contributed by atoms with Crippen molar-refractivity contribution in [1.29, 1.82) is 0 Å². The highest BCUT2D eigenvalue weighted by Gasteiger charge is 2.50. The topological polar surface area (TPSA) is 18.5 Å². The summed E-state index contributed by atoms with van der Waals surface area (Å²) in [7, 11) is -1.05. The van der Waals surface area contributed by atoms with Gasteiger partial charge in [-0.1, -0.05) is 121 Å². The van der Waals surface area contributed by atoms with Crippen molar-refractivity contribution < 1.29 is 9.47 Å². The van der Waals surface area contributed by atoms with Gasteiger partial charge >= 0.3 is 0 Å². The third kappa shape index (κ3) is 6.06. The lowest BCUT2D eigenvalue weighted by Gasteiger charge is -2.34. The molecule has 0 amide bonds. The molecule has 4 aromatic rings. The molecule has 4 aromatic carbocycles. The maximum absolute atomic E-state index is 6.79. The van der Waals surface area contributed by atoms with Crippen molar-refractivity contribution in [2.45, 2.75) is 44.2 Å². The summed E-state index contributed by atoms with van der Waals surface area (Å²) in [5, 5.41) is 5.89. The summed E-state index contributed by atoms with van der Waals surface area (Å²) < 4.78 is 13.0. The molecular weight excluding hydrogens is 514 g/mol. The first-order valence-electron chi connectivity index (χ1n) is 14.2. The number of ether oxygens (including phenoxy) is 2. The highest BCUT2D eigenvalue weighted by molar-refractivity contribution is 7.74. The Morgan fingerprint density at radius 1 is 0.667 bits per heavy atom. The molecule has 0 radical (unpaired) electrons. The number of fused-ring (bicyclic) bond motifs is 1. The Kier molecular flexibility index (Phi) is 8.29. The van der Waals surface area contributed by atoms with Crippen LogP contribution < -0.4 is 21.2 Å². The zero-order chi connectivity index (χ0) is 26.7. The largest absolute Gasteiger partial charge is 0.351 e. The highest BCUT2D eigenvalue weighted by Crippen LogP contribution is 2.57. The van der Waals surface area contributed by atoms with Gasteiger partial charge in [-0.2, -0.15) is 0 Å². The van der Waals surface area contributed by atoms with Gasteiger partial charge in [-0.3, -0.25) is 0 Å². The second-order valence-corrected chi connectivity index (χ2v) is 15.8. The first-order chi connectivity index (χ1) is 19.1. The van der Waals surface area contributed by atoms with Gasteiger partial charge in [0, 0.05) is 0 Å². The molecule has 1 saturated carbocycles. The Hall–Kier alpha value is -2.34. The molecule has 39 heavy (non-hydrogen) atoms. The molecule has 2 aliphatic rings. The average molecular weight is 553 g/mol. The van der Waals surface area contributed by atoms with Crippen molar-refractivity contribution >= 4 is 37.1 Å². The first kappa shape index (κ1) is 26.9. The lowest BCUT2D eigenvalue weighted by molar-refractivity contribution is -0.224. The lowest BCUT2D eigenvalue weighted by atomic mass is 9.93. The number of hydrogen-bond acceptors (Lipinski definition) is 2. The van der Waals surface area contributed by atoms with Gasteiger partial charge in [0.05, 0.1) is 12.7 Å². The molecule has 1 heterocycles. The summed E-state index contributed by atoms with van der Waals surface area (Å²) >= 11 is 0. The van der Waals surface area contributed by atoms with Gasteiger partial charge in [-0.05, 0) is 87.4 Å². The zero-order valence-electron chi connectivity index (χ0n) is 22.9. The molecule has 0 spiro atoms. The minimum Gasteiger partial charge on any atom is -0.351 e. The maximum Gasteiger partial charge on any atom is 0.163 e. The molecule has 6 rings (SSSR count). The number of hydrogen-bond donors (Lipinski definition) is 0. The van der Waals surface area contributed by atoms with Gasteiger partial charge in [0.25, 0.3) is 0 Å². The smallest absolute Gasteiger partial charge is 0.163 e. The predicted octanol–water partition coefficient (Wildman–Crippen LogP) is 6.80. The van der Waals surface area contributed by atoms with E-state index in [9.17, 15) is 0 Å². The van der Waals surface area contributed by atoms with Crippen molar-refractivity contribution in [3.05, 3.63) is 121 Å². The maximum atomic E-state index is 6.79. The Morgan fingerprint density at radius 3 is 1.62 bits per heavy atom. The summed E-state index contributed by atoms with van der Waals surface area (Å²) in [5.41, 5.74) is 0.547. The molecule has 0 aromatic heterocycles. The predicted molar refractivity (Wildman–Crippen MR) is 168 cm³/mol. The summed E-state index contributed by atoms with van der Waals surface area (Å²) in [6.45, 7) is 4.95. The molecule has 1 aliphatic carbocycles. The van der Waals surface area contributed by atoms with Crippen molar-refractivity contribution in [2.75, 3.05) is 12.8 Å². The van der Waals surface area contributed by atoms with Crippen LogP contribution in [0.15, 0.2) is 121 Å². The molecule has 200 valence electrons. The van der Waals surface area contributed by atoms with Crippen molar-refractivity contribution in [1.82, 2.24) is 0 Å². The van der Waals surface area contributed by atoms with E-state index in [1.165, 1.54) is 27.4 Å². The molecule has 4 heteroatoms. The Balaban J connectivity index is 1.45.